The Labute approximate surface area is 151 Å². The molecule has 0 aliphatic carbocycles. The predicted molar refractivity (Wildman–Crippen MR) is 102 cm³/mol. The highest BCUT2D eigenvalue weighted by Gasteiger charge is 2.43. The number of nitrogens with zero attached hydrogens (tertiary/aromatic N) is 1. The number of ether oxygens (including phenoxy) is 2. The molecule has 1 amide bonds. The molecule has 1 fully saturated rings. The van der Waals surface area contributed by atoms with Crippen LogP contribution in [0.3, 0.4) is 0 Å². The minimum absolute atomic E-state index is 0.125. The summed E-state index contributed by atoms with van der Waals surface area (Å²) in [6.45, 7) is 9.28. The van der Waals surface area contributed by atoms with Gasteiger partial charge >= 0.3 is 0 Å². The largest absolute Gasteiger partial charge is 0.501 e. The van der Waals surface area contributed by atoms with E-state index in [0.717, 1.165) is 17.0 Å². The summed E-state index contributed by atoms with van der Waals surface area (Å²) < 4.78 is 10.4. The molecule has 1 aliphatic rings. The molecule has 2 rings (SSSR count). The topological polar surface area (TPSA) is 38.8 Å². The van der Waals surface area contributed by atoms with Crippen molar-refractivity contribution >= 4 is 11.6 Å². The van der Waals surface area contributed by atoms with Gasteiger partial charge in [-0.25, -0.2) is 0 Å². The third-order valence-corrected chi connectivity index (χ3v) is 4.94. The Morgan fingerprint density at radius 2 is 1.92 bits per heavy atom. The first-order valence-corrected chi connectivity index (χ1v) is 8.64. The second-order valence-electron chi connectivity index (χ2n) is 7.14. The highest BCUT2D eigenvalue weighted by atomic mass is 16.5. The van der Waals surface area contributed by atoms with Gasteiger partial charge in [0.1, 0.15) is 0 Å². The van der Waals surface area contributed by atoms with Crippen LogP contribution in [-0.4, -0.2) is 33.3 Å². The molecule has 0 aromatic heterocycles. The van der Waals surface area contributed by atoms with Crippen LogP contribution in [0.2, 0.25) is 0 Å². The third kappa shape index (κ3) is 4.13. The van der Waals surface area contributed by atoms with Gasteiger partial charge in [0.25, 0.3) is 0 Å². The molecule has 25 heavy (non-hydrogen) atoms. The Kier molecular flexibility index (Phi) is 6.07. The van der Waals surface area contributed by atoms with Crippen LogP contribution in [0, 0.1) is 5.41 Å². The van der Waals surface area contributed by atoms with E-state index in [1.807, 2.05) is 50.0 Å². The molecular weight excluding hydrogens is 314 g/mol. The fourth-order valence-corrected chi connectivity index (χ4v) is 3.00. The molecule has 1 unspecified atom stereocenters. The Morgan fingerprint density at radius 3 is 2.48 bits per heavy atom. The highest BCUT2D eigenvalue weighted by molar-refractivity contribution is 6.03. The maximum atomic E-state index is 12.9. The van der Waals surface area contributed by atoms with Gasteiger partial charge in [0, 0.05) is 25.3 Å². The SMILES string of the molecule is COCC(C)c1ccc(N2C/C(=C/C=C(\C)OC)C(C)(C)C2=O)cc1. The Morgan fingerprint density at radius 1 is 1.28 bits per heavy atom. The van der Waals surface area contributed by atoms with Crippen molar-refractivity contribution in [3.63, 3.8) is 0 Å². The normalized spacial score (nSPS) is 20.2. The van der Waals surface area contributed by atoms with E-state index in [2.05, 4.69) is 19.1 Å². The molecule has 0 saturated carbocycles. The smallest absolute Gasteiger partial charge is 0.237 e. The number of carbonyl (C=O) groups is 1. The lowest BCUT2D eigenvalue weighted by molar-refractivity contribution is -0.122. The second kappa shape index (κ2) is 7.87. The molecule has 0 spiro atoms. The number of hydrogen-bond acceptors (Lipinski definition) is 3. The number of amides is 1. The summed E-state index contributed by atoms with van der Waals surface area (Å²) in [5, 5.41) is 0. The summed E-state index contributed by atoms with van der Waals surface area (Å²) in [7, 11) is 3.36. The van der Waals surface area contributed by atoms with Gasteiger partial charge in [-0.3, -0.25) is 4.79 Å². The van der Waals surface area contributed by atoms with Gasteiger partial charge in [-0.05, 0) is 50.1 Å². The van der Waals surface area contributed by atoms with E-state index >= 15 is 0 Å². The molecule has 0 N–H and O–H groups in total. The van der Waals surface area contributed by atoms with Crippen molar-refractivity contribution in [1.29, 1.82) is 0 Å². The highest BCUT2D eigenvalue weighted by Crippen LogP contribution is 2.39. The van der Waals surface area contributed by atoms with Crippen LogP contribution >= 0.6 is 0 Å². The van der Waals surface area contributed by atoms with Crippen molar-refractivity contribution in [3.05, 3.63) is 53.3 Å². The molecule has 0 radical (unpaired) electrons. The number of allylic oxidation sites excluding steroid dienone is 3. The maximum absolute atomic E-state index is 12.9. The fraction of sp³-hybridized carbons (Fsp3) is 0.476. The van der Waals surface area contributed by atoms with E-state index in [1.54, 1.807) is 14.2 Å². The van der Waals surface area contributed by atoms with E-state index in [0.29, 0.717) is 19.1 Å². The van der Waals surface area contributed by atoms with Crippen LogP contribution in [0.4, 0.5) is 5.69 Å². The van der Waals surface area contributed by atoms with E-state index in [-0.39, 0.29) is 5.91 Å². The number of methoxy groups -OCH3 is 2. The van der Waals surface area contributed by atoms with Crippen LogP contribution in [0.15, 0.2) is 47.7 Å². The molecule has 1 aromatic carbocycles. The maximum Gasteiger partial charge on any atom is 0.237 e. The number of hydrogen-bond donors (Lipinski definition) is 0. The standard InChI is InChI=1S/C21H29NO3/c1-15(14-24-5)17-8-11-19(12-9-17)22-13-18(10-7-16(2)25-6)21(3,4)20(22)23/h7-12,15H,13-14H2,1-6H3/b16-7+,18-10-. The second-order valence-corrected chi connectivity index (χ2v) is 7.14. The number of benzene rings is 1. The van der Waals surface area contributed by atoms with Crippen LogP contribution in [0.25, 0.3) is 0 Å². The first-order valence-electron chi connectivity index (χ1n) is 8.64. The van der Waals surface area contributed by atoms with E-state index in [1.165, 1.54) is 5.56 Å². The molecule has 1 heterocycles. The molecule has 136 valence electrons. The third-order valence-electron chi connectivity index (χ3n) is 4.94. The first kappa shape index (κ1) is 19.3. The zero-order valence-corrected chi connectivity index (χ0v) is 16.1. The summed E-state index contributed by atoms with van der Waals surface area (Å²) in [4.78, 5) is 14.7. The summed E-state index contributed by atoms with van der Waals surface area (Å²) in [6.07, 6.45) is 3.93. The number of carbonyl (C=O) groups excluding carboxylic acids is 1. The van der Waals surface area contributed by atoms with Crippen molar-refractivity contribution in [2.75, 3.05) is 32.3 Å². The minimum Gasteiger partial charge on any atom is -0.501 e. The molecule has 1 atom stereocenters. The average Bonchev–Trinajstić information content (AvgIpc) is 2.83. The van der Waals surface area contributed by atoms with Crippen LogP contribution in [0.1, 0.15) is 39.2 Å². The predicted octanol–water partition coefficient (Wildman–Crippen LogP) is 4.29. The lowest BCUT2D eigenvalue weighted by atomic mass is 9.86. The quantitative estimate of drug-likeness (QED) is 0.724. The molecular formula is C21H29NO3. The monoisotopic (exact) mass is 343 g/mol. The van der Waals surface area contributed by atoms with Crippen LogP contribution in [0.5, 0.6) is 0 Å². The van der Waals surface area contributed by atoms with Crippen LogP contribution in [-0.2, 0) is 14.3 Å². The fourth-order valence-electron chi connectivity index (χ4n) is 3.00. The number of rotatable bonds is 6. The number of anilines is 1. The average molecular weight is 343 g/mol. The Hall–Kier alpha value is -2.07. The van der Waals surface area contributed by atoms with Crippen molar-refractivity contribution in [2.45, 2.75) is 33.6 Å². The van der Waals surface area contributed by atoms with Crippen molar-refractivity contribution in [2.24, 2.45) is 5.41 Å². The summed E-state index contributed by atoms with van der Waals surface area (Å²) >= 11 is 0. The lowest BCUT2D eigenvalue weighted by Crippen LogP contribution is -2.30. The van der Waals surface area contributed by atoms with Gasteiger partial charge in [0.15, 0.2) is 0 Å². The summed E-state index contributed by atoms with van der Waals surface area (Å²) in [5.74, 6) is 1.29. The van der Waals surface area contributed by atoms with Gasteiger partial charge in [-0.2, -0.15) is 0 Å². The van der Waals surface area contributed by atoms with Gasteiger partial charge in [-0.1, -0.05) is 25.1 Å². The van der Waals surface area contributed by atoms with Gasteiger partial charge < -0.3 is 14.4 Å². The molecule has 0 bridgehead atoms. The molecule has 1 aromatic rings. The van der Waals surface area contributed by atoms with E-state index in [4.69, 9.17) is 9.47 Å². The Bertz CT molecular complexity index is 671. The van der Waals surface area contributed by atoms with Crippen molar-refractivity contribution in [3.8, 4) is 0 Å². The minimum atomic E-state index is -0.507. The molecule has 1 aliphatic heterocycles. The zero-order chi connectivity index (χ0) is 18.6. The molecule has 4 nitrogen and oxygen atoms in total. The van der Waals surface area contributed by atoms with Gasteiger partial charge in [0.05, 0.1) is 24.9 Å². The lowest BCUT2D eigenvalue weighted by Gasteiger charge is -2.20. The zero-order valence-electron chi connectivity index (χ0n) is 16.1. The van der Waals surface area contributed by atoms with Crippen molar-refractivity contribution < 1.29 is 14.3 Å². The van der Waals surface area contributed by atoms with Crippen LogP contribution < -0.4 is 4.90 Å². The van der Waals surface area contributed by atoms with Gasteiger partial charge in [0.2, 0.25) is 5.91 Å². The van der Waals surface area contributed by atoms with Crippen molar-refractivity contribution in [1.82, 2.24) is 0 Å². The first-order chi connectivity index (χ1) is 11.8. The molecule has 4 heteroatoms. The van der Waals surface area contributed by atoms with E-state index < -0.39 is 5.41 Å². The summed E-state index contributed by atoms with van der Waals surface area (Å²) in [5.41, 5.74) is 2.73. The van der Waals surface area contributed by atoms with Gasteiger partial charge in [-0.15, -0.1) is 0 Å². The molecule has 1 saturated heterocycles. The summed E-state index contributed by atoms with van der Waals surface area (Å²) in [6, 6.07) is 8.20. The van der Waals surface area contributed by atoms with E-state index in [9.17, 15) is 4.79 Å². The Balaban J connectivity index is 2.24.